The predicted molar refractivity (Wildman–Crippen MR) is 196 cm³/mol. The van der Waals surface area contributed by atoms with E-state index in [0.29, 0.717) is 42.8 Å². The van der Waals surface area contributed by atoms with Crippen LogP contribution in [0.5, 0.6) is 28.7 Å². The van der Waals surface area contributed by atoms with Crippen molar-refractivity contribution >= 4 is 0 Å². The first kappa shape index (κ1) is 34.2. The molecule has 6 nitrogen and oxygen atoms in total. The van der Waals surface area contributed by atoms with Gasteiger partial charge in [-0.25, -0.2) is 0 Å². The number of rotatable bonds is 16. The molecule has 6 heteroatoms. The molecule has 6 aromatic carbocycles. The van der Waals surface area contributed by atoms with E-state index in [1.807, 2.05) is 152 Å². The zero-order chi connectivity index (χ0) is 34.5. The number of methoxy groups -OCH3 is 2. The number of hydrogen-bond donors (Lipinski definition) is 1. The van der Waals surface area contributed by atoms with Gasteiger partial charge in [-0.15, -0.1) is 0 Å². The van der Waals surface area contributed by atoms with Crippen molar-refractivity contribution in [2.45, 2.75) is 31.7 Å². The number of ether oxygens (including phenoxy) is 5. The summed E-state index contributed by atoms with van der Waals surface area (Å²) in [6.45, 7) is 1.21. The van der Waals surface area contributed by atoms with Crippen molar-refractivity contribution < 1.29 is 28.8 Å². The van der Waals surface area contributed by atoms with Gasteiger partial charge in [-0.2, -0.15) is 0 Å². The Kier molecular flexibility index (Phi) is 11.7. The zero-order valence-electron chi connectivity index (χ0n) is 28.4. The molecule has 0 amide bonds. The molecule has 0 radical (unpaired) electrons. The third-order valence-electron chi connectivity index (χ3n) is 8.72. The Balaban J connectivity index is 1.32. The average Bonchev–Trinajstić information content (AvgIpc) is 3.19. The SMILES string of the molecule is COc1cc(C(c2ccc(OCc3ccccc3)c(OC)c2)C(CO)c2ccc(OCc3ccccc3)cc2)ccc1OCc1ccccc1. The van der Waals surface area contributed by atoms with Gasteiger partial charge in [0.2, 0.25) is 0 Å². The first-order valence-electron chi connectivity index (χ1n) is 16.7. The number of aliphatic hydroxyl groups excluding tert-OH is 1. The average molecular weight is 667 g/mol. The molecule has 0 bridgehead atoms. The standard InChI is InChI=1S/C44H42O6/c1-46-42-26-36(20-24-40(42)49-30-33-14-8-4-9-15-33)44(37-21-25-41(43(27-37)47-2)50-31-34-16-10-5-11-17-34)39(28-45)35-18-22-38(23-19-35)48-29-32-12-6-3-7-13-32/h3-27,39,44-45H,28-31H2,1-2H3. The maximum atomic E-state index is 11.0. The van der Waals surface area contributed by atoms with E-state index in [1.54, 1.807) is 14.2 Å². The second kappa shape index (κ2) is 17.1. The van der Waals surface area contributed by atoms with E-state index < -0.39 is 0 Å². The maximum Gasteiger partial charge on any atom is 0.161 e. The lowest BCUT2D eigenvalue weighted by Gasteiger charge is -2.29. The molecule has 0 fully saturated rings. The van der Waals surface area contributed by atoms with Crippen LogP contribution in [0.1, 0.15) is 45.2 Å². The molecule has 0 aliphatic heterocycles. The number of hydrogen-bond acceptors (Lipinski definition) is 6. The van der Waals surface area contributed by atoms with Crippen LogP contribution >= 0.6 is 0 Å². The van der Waals surface area contributed by atoms with Crippen LogP contribution in [0, 0.1) is 0 Å². The molecule has 0 heterocycles. The van der Waals surface area contributed by atoms with E-state index >= 15 is 0 Å². The molecule has 254 valence electrons. The van der Waals surface area contributed by atoms with Crippen LogP contribution in [0.4, 0.5) is 0 Å². The van der Waals surface area contributed by atoms with E-state index in [1.165, 1.54) is 0 Å². The van der Waals surface area contributed by atoms with Crippen molar-refractivity contribution in [3.63, 3.8) is 0 Å². The molecule has 1 unspecified atom stereocenters. The van der Waals surface area contributed by atoms with Crippen LogP contribution < -0.4 is 23.7 Å². The van der Waals surface area contributed by atoms with Gasteiger partial charge in [0.15, 0.2) is 23.0 Å². The van der Waals surface area contributed by atoms with Gasteiger partial charge in [-0.3, -0.25) is 0 Å². The number of benzene rings is 6. The highest BCUT2D eigenvalue weighted by atomic mass is 16.5. The molecule has 1 N–H and O–H groups in total. The Morgan fingerprint density at radius 3 is 1.24 bits per heavy atom. The molecule has 50 heavy (non-hydrogen) atoms. The fourth-order valence-corrected chi connectivity index (χ4v) is 6.08. The third kappa shape index (κ3) is 8.65. The Labute approximate surface area is 294 Å². The van der Waals surface area contributed by atoms with Gasteiger partial charge in [0.05, 0.1) is 20.8 Å². The minimum Gasteiger partial charge on any atom is -0.493 e. The first-order chi connectivity index (χ1) is 24.6. The smallest absolute Gasteiger partial charge is 0.161 e. The summed E-state index contributed by atoms with van der Waals surface area (Å²) in [7, 11) is 3.28. The summed E-state index contributed by atoms with van der Waals surface area (Å²) in [5.74, 6) is 2.68. The van der Waals surface area contributed by atoms with Crippen molar-refractivity contribution in [2.24, 2.45) is 0 Å². The minimum atomic E-state index is -0.306. The quantitative estimate of drug-likeness (QED) is 0.111. The van der Waals surface area contributed by atoms with E-state index in [9.17, 15) is 5.11 Å². The molecule has 0 saturated carbocycles. The molecule has 1 atom stereocenters. The van der Waals surface area contributed by atoms with E-state index in [4.69, 9.17) is 23.7 Å². The normalized spacial score (nSPS) is 11.5. The summed E-state index contributed by atoms with van der Waals surface area (Å²) >= 11 is 0. The topological polar surface area (TPSA) is 66.4 Å². The fourth-order valence-electron chi connectivity index (χ4n) is 6.08. The predicted octanol–water partition coefficient (Wildman–Crippen LogP) is 9.35. The lowest BCUT2D eigenvalue weighted by atomic mass is 9.77. The second-order valence-electron chi connectivity index (χ2n) is 12.0. The van der Waals surface area contributed by atoms with Gasteiger partial charge < -0.3 is 28.8 Å². The van der Waals surface area contributed by atoms with Crippen LogP contribution in [-0.4, -0.2) is 25.9 Å². The zero-order valence-corrected chi connectivity index (χ0v) is 28.4. The van der Waals surface area contributed by atoms with Gasteiger partial charge in [0.1, 0.15) is 25.6 Å². The first-order valence-corrected chi connectivity index (χ1v) is 16.7. The summed E-state index contributed by atoms with van der Waals surface area (Å²) in [6.07, 6.45) is 0. The van der Waals surface area contributed by atoms with Crippen LogP contribution in [0.25, 0.3) is 0 Å². The maximum absolute atomic E-state index is 11.0. The van der Waals surface area contributed by atoms with Gasteiger partial charge >= 0.3 is 0 Å². The lowest BCUT2D eigenvalue weighted by molar-refractivity contribution is 0.254. The summed E-state index contributed by atoms with van der Waals surface area (Å²) in [5.41, 5.74) is 6.11. The Bertz CT molecular complexity index is 1820. The van der Waals surface area contributed by atoms with Gasteiger partial charge in [-0.1, -0.05) is 115 Å². The Morgan fingerprint density at radius 2 is 0.840 bits per heavy atom. The van der Waals surface area contributed by atoms with E-state index in [-0.39, 0.29) is 18.4 Å². The lowest BCUT2D eigenvalue weighted by Crippen LogP contribution is -2.17. The summed E-state index contributed by atoms with van der Waals surface area (Å²) in [6, 6.07) is 50.1. The van der Waals surface area contributed by atoms with Crippen LogP contribution in [0.2, 0.25) is 0 Å². The fraction of sp³-hybridized carbons (Fsp3) is 0.182. The molecule has 0 saturated heterocycles. The molecule has 0 aliphatic carbocycles. The highest BCUT2D eigenvalue weighted by Gasteiger charge is 2.28. The van der Waals surface area contributed by atoms with Crippen molar-refractivity contribution in [1.82, 2.24) is 0 Å². The molecule has 0 aliphatic rings. The van der Waals surface area contributed by atoms with Crippen molar-refractivity contribution in [1.29, 1.82) is 0 Å². The third-order valence-corrected chi connectivity index (χ3v) is 8.72. The van der Waals surface area contributed by atoms with Crippen LogP contribution in [0.15, 0.2) is 152 Å². The van der Waals surface area contributed by atoms with Crippen molar-refractivity contribution in [3.05, 3.63) is 185 Å². The molecule has 0 spiro atoms. The van der Waals surface area contributed by atoms with Gasteiger partial charge in [0, 0.05) is 11.8 Å². The Hall–Kier alpha value is -5.72. The van der Waals surface area contributed by atoms with Gasteiger partial charge in [0.25, 0.3) is 0 Å². The summed E-state index contributed by atoms with van der Waals surface area (Å²) < 4.78 is 30.1. The van der Waals surface area contributed by atoms with Crippen molar-refractivity contribution in [2.75, 3.05) is 20.8 Å². The summed E-state index contributed by atoms with van der Waals surface area (Å²) in [5, 5.41) is 11.0. The monoisotopic (exact) mass is 666 g/mol. The molecule has 0 aromatic heterocycles. The number of aliphatic hydroxyl groups is 1. The Morgan fingerprint density at radius 1 is 0.440 bits per heavy atom. The van der Waals surface area contributed by atoms with E-state index in [2.05, 4.69) is 0 Å². The van der Waals surface area contributed by atoms with Crippen molar-refractivity contribution in [3.8, 4) is 28.7 Å². The molecule has 6 rings (SSSR count). The minimum absolute atomic E-state index is 0.0992. The molecule has 6 aromatic rings. The van der Waals surface area contributed by atoms with Crippen LogP contribution in [0.3, 0.4) is 0 Å². The largest absolute Gasteiger partial charge is 0.493 e. The summed E-state index contributed by atoms with van der Waals surface area (Å²) in [4.78, 5) is 0. The highest BCUT2D eigenvalue weighted by Crippen LogP contribution is 2.44. The van der Waals surface area contributed by atoms with E-state index in [0.717, 1.165) is 39.1 Å². The second-order valence-corrected chi connectivity index (χ2v) is 12.0. The molecular weight excluding hydrogens is 624 g/mol. The molecular formula is C44H42O6. The van der Waals surface area contributed by atoms with Gasteiger partial charge in [-0.05, 0) is 69.8 Å². The van der Waals surface area contributed by atoms with Crippen LogP contribution in [-0.2, 0) is 19.8 Å². The highest BCUT2D eigenvalue weighted by molar-refractivity contribution is 5.51.